The van der Waals surface area contributed by atoms with Gasteiger partial charge in [0.05, 0.1) is 13.5 Å². The summed E-state index contributed by atoms with van der Waals surface area (Å²) in [4.78, 5) is 11.1. The normalized spacial score (nSPS) is 29.4. The summed E-state index contributed by atoms with van der Waals surface area (Å²) in [5, 5.41) is 0.210. The molecule has 4 heteroatoms. The zero-order valence-corrected chi connectivity index (χ0v) is 11.2. The first-order chi connectivity index (χ1) is 7.54. The van der Waals surface area contributed by atoms with E-state index in [1.165, 1.54) is 20.0 Å². The number of hydrogen-bond acceptors (Lipinski definition) is 3. The quantitative estimate of drug-likeness (QED) is 0.715. The van der Waals surface area contributed by atoms with Crippen LogP contribution in [0.5, 0.6) is 0 Å². The molecule has 0 aromatic rings. The van der Waals surface area contributed by atoms with E-state index in [9.17, 15) is 9.00 Å². The van der Waals surface area contributed by atoms with Crippen LogP contribution in [-0.4, -0.2) is 27.8 Å². The minimum Gasteiger partial charge on any atom is -0.469 e. The van der Waals surface area contributed by atoms with E-state index in [0.29, 0.717) is 0 Å². The topological polar surface area (TPSA) is 43.4 Å². The van der Waals surface area contributed by atoms with Crippen LogP contribution >= 0.6 is 0 Å². The van der Waals surface area contributed by atoms with Crippen LogP contribution in [0.15, 0.2) is 0 Å². The van der Waals surface area contributed by atoms with Gasteiger partial charge in [0.2, 0.25) is 0 Å². The van der Waals surface area contributed by atoms with Gasteiger partial charge in [0.15, 0.2) is 0 Å². The summed E-state index contributed by atoms with van der Waals surface area (Å²) in [6, 6.07) is 0. The summed E-state index contributed by atoms with van der Waals surface area (Å²) >= 11 is 0. The molecule has 2 atom stereocenters. The molecule has 1 aliphatic rings. The van der Waals surface area contributed by atoms with Crippen LogP contribution in [0.3, 0.4) is 0 Å². The molecule has 0 radical (unpaired) electrons. The van der Waals surface area contributed by atoms with Crippen LogP contribution in [-0.2, 0) is 20.3 Å². The third-order valence-electron chi connectivity index (χ3n) is 3.37. The average molecular weight is 246 g/mol. The Balaban J connectivity index is 2.41. The summed E-state index contributed by atoms with van der Waals surface area (Å²) < 4.78 is 16.8. The first-order valence-electron chi connectivity index (χ1n) is 6.00. The van der Waals surface area contributed by atoms with E-state index in [-0.39, 0.29) is 22.9 Å². The summed E-state index contributed by atoms with van der Waals surface area (Å²) in [6.45, 7) is 4.13. The van der Waals surface area contributed by atoms with Crippen LogP contribution in [0.4, 0.5) is 0 Å². The van der Waals surface area contributed by atoms with Crippen LogP contribution in [0.2, 0.25) is 0 Å². The highest BCUT2D eigenvalue weighted by molar-refractivity contribution is 7.86. The molecule has 1 aliphatic carbocycles. The van der Waals surface area contributed by atoms with Crippen molar-refractivity contribution in [2.75, 3.05) is 7.11 Å². The lowest BCUT2D eigenvalue weighted by Gasteiger charge is -2.27. The van der Waals surface area contributed by atoms with Gasteiger partial charge < -0.3 is 4.74 Å². The first-order valence-corrected chi connectivity index (χ1v) is 7.28. The number of esters is 1. The van der Waals surface area contributed by atoms with Gasteiger partial charge in [0.1, 0.15) is 0 Å². The molecule has 0 aromatic heterocycles. The van der Waals surface area contributed by atoms with Crippen molar-refractivity contribution in [2.24, 2.45) is 5.92 Å². The molecule has 1 saturated carbocycles. The van der Waals surface area contributed by atoms with Crippen molar-refractivity contribution < 1.29 is 13.7 Å². The van der Waals surface area contributed by atoms with Gasteiger partial charge >= 0.3 is 5.97 Å². The van der Waals surface area contributed by atoms with Crippen molar-refractivity contribution in [1.29, 1.82) is 0 Å². The van der Waals surface area contributed by atoms with Gasteiger partial charge in [0.25, 0.3) is 0 Å². The Hall–Kier alpha value is -0.380. The highest BCUT2D eigenvalue weighted by Gasteiger charge is 2.27. The van der Waals surface area contributed by atoms with Crippen molar-refractivity contribution >= 4 is 16.8 Å². The number of hydrogen-bond donors (Lipinski definition) is 0. The van der Waals surface area contributed by atoms with Crippen LogP contribution in [0.25, 0.3) is 0 Å². The molecule has 94 valence electrons. The SMILES string of the molecule is COC(=O)CC(C)S(=O)C1CCC(C)CC1. The third-order valence-corrected chi connectivity index (χ3v) is 5.46. The standard InChI is InChI=1S/C12H22O3S/c1-9-4-6-11(7-5-9)16(14)10(2)8-12(13)15-3/h9-11H,4-8H2,1-3H3. The average Bonchev–Trinajstić information content (AvgIpc) is 2.28. The summed E-state index contributed by atoms with van der Waals surface area (Å²) in [7, 11) is 0.486. The molecule has 1 fully saturated rings. The van der Waals surface area contributed by atoms with Crippen LogP contribution in [0, 0.1) is 5.92 Å². The number of methoxy groups -OCH3 is 1. The molecular formula is C12H22O3S. The summed E-state index contributed by atoms with van der Waals surface area (Å²) in [5.74, 6) is 0.509. The Bertz CT molecular complexity index is 257. The second kappa shape index (κ2) is 6.38. The van der Waals surface area contributed by atoms with E-state index >= 15 is 0 Å². The highest BCUT2D eigenvalue weighted by Crippen LogP contribution is 2.28. The van der Waals surface area contributed by atoms with Crippen molar-refractivity contribution in [1.82, 2.24) is 0 Å². The molecule has 16 heavy (non-hydrogen) atoms. The lowest BCUT2D eigenvalue weighted by Crippen LogP contribution is -2.29. The van der Waals surface area contributed by atoms with Crippen molar-refractivity contribution in [3.05, 3.63) is 0 Å². The van der Waals surface area contributed by atoms with Gasteiger partial charge in [0, 0.05) is 21.3 Å². The Kier molecular flexibility index (Phi) is 5.46. The molecule has 2 unspecified atom stereocenters. The van der Waals surface area contributed by atoms with E-state index in [2.05, 4.69) is 11.7 Å². The summed E-state index contributed by atoms with van der Waals surface area (Å²) in [6.07, 6.45) is 4.69. The fraction of sp³-hybridized carbons (Fsp3) is 0.917. The van der Waals surface area contributed by atoms with Crippen molar-refractivity contribution in [3.63, 3.8) is 0 Å². The van der Waals surface area contributed by atoms with Crippen molar-refractivity contribution in [2.45, 2.75) is 56.5 Å². The second-order valence-corrected chi connectivity index (χ2v) is 6.93. The molecule has 0 bridgehead atoms. The largest absolute Gasteiger partial charge is 0.469 e. The Labute approximate surface area is 100 Å². The molecule has 0 N–H and O–H groups in total. The van der Waals surface area contributed by atoms with E-state index in [4.69, 9.17) is 0 Å². The maximum atomic E-state index is 12.2. The predicted octanol–water partition coefficient (Wildman–Crippen LogP) is 2.27. The highest BCUT2D eigenvalue weighted by atomic mass is 32.2. The van der Waals surface area contributed by atoms with Crippen LogP contribution < -0.4 is 0 Å². The first kappa shape index (κ1) is 13.7. The minimum atomic E-state index is -0.889. The van der Waals surface area contributed by atoms with Crippen LogP contribution in [0.1, 0.15) is 46.0 Å². The lowest BCUT2D eigenvalue weighted by atomic mass is 9.91. The lowest BCUT2D eigenvalue weighted by molar-refractivity contribution is -0.140. The third kappa shape index (κ3) is 3.89. The monoisotopic (exact) mass is 246 g/mol. The number of ether oxygens (including phenoxy) is 1. The maximum Gasteiger partial charge on any atom is 0.306 e. The minimum absolute atomic E-state index is 0.0779. The van der Waals surface area contributed by atoms with Crippen molar-refractivity contribution in [3.8, 4) is 0 Å². The molecule has 0 amide bonds. The smallest absolute Gasteiger partial charge is 0.306 e. The van der Waals surface area contributed by atoms with Gasteiger partial charge in [-0.05, 0) is 31.6 Å². The molecule has 0 spiro atoms. The Morgan fingerprint density at radius 2 is 1.94 bits per heavy atom. The summed E-state index contributed by atoms with van der Waals surface area (Å²) in [5.41, 5.74) is 0. The molecule has 1 rings (SSSR count). The predicted molar refractivity (Wildman–Crippen MR) is 65.7 cm³/mol. The molecule has 0 aromatic carbocycles. The fourth-order valence-corrected chi connectivity index (χ4v) is 3.88. The zero-order valence-electron chi connectivity index (χ0n) is 10.4. The maximum absolute atomic E-state index is 12.2. The number of rotatable bonds is 4. The van der Waals surface area contributed by atoms with Gasteiger partial charge in [-0.2, -0.15) is 0 Å². The Morgan fingerprint density at radius 3 is 2.44 bits per heavy atom. The molecule has 0 saturated heterocycles. The fourth-order valence-electron chi connectivity index (χ4n) is 2.19. The molecule has 0 aliphatic heterocycles. The van der Waals surface area contributed by atoms with Gasteiger partial charge in [-0.3, -0.25) is 9.00 Å². The number of carbonyl (C=O) groups excluding carboxylic acids is 1. The van der Waals surface area contributed by atoms with E-state index in [1.54, 1.807) is 0 Å². The molecule has 3 nitrogen and oxygen atoms in total. The molecule has 0 heterocycles. The Morgan fingerprint density at radius 1 is 1.38 bits per heavy atom. The van der Waals surface area contributed by atoms with Gasteiger partial charge in [-0.15, -0.1) is 0 Å². The van der Waals surface area contributed by atoms with Gasteiger partial charge in [-0.25, -0.2) is 0 Å². The van der Waals surface area contributed by atoms with E-state index in [0.717, 1.165) is 18.8 Å². The number of carbonyl (C=O) groups is 1. The van der Waals surface area contributed by atoms with Gasteiger partial charge in [-0.1, -0.05) is 13.8 Å². The van der Waals surface area contributed by atoms with E-state index in [1.807, 2.05) is 6.92 Å². The zero-order chi connectivity index (χ0) is 12.1. The molecular weight excluding hydrogens is 224 g/mol. The second-order valence-electron chi connectivity index (χ2n) is 4.80. The van der Waals surface area contributed by atoms with E-state index < -0.39 is 10.8 Å².